The average Bonchev–Trinajstić information content (AvgIpc) is 3.43. The van der Waals surface area contributed by atoms with Crippen molar-refractivity contribution in [1.29, 1.82) is 0 Å². The first-order valence-electron chi connectivity index (χ1n) is 15.1. The number of allylic oxidation sites excluding steroid dienone is 2. The fourth-order valence-corrected chi connectivity index (χ4v) is 8.79. The molecule has 3 aromatic rings. The molecule has 2 saturated heterocycles. The van der Waals surface area contributed by atoms with E-state index < -0.39 is 67.8 Å². The minimum atomic E-state index is -2.23. The van der Waals surface area contributed by atoms with Gasteiger partial charge in [-0.05, 0) is 66.8 Å². The third kappa shape index (κ3) is 4.41. The van der Waals surface area contributed by atoms with Gasteiger partial charge in [-0.15, -0.1) is 23.2 Å². The number of halogens is 3. The number of benzene rings is 3. The molecule has 15 heteroatoms. The van der Waals surface area contributed by atoms with E-state index in [1.165, 1.54) is 56.7 Å². The number of non-ortho nitro benzene ring substituents is 1. The number of amides is 4. The number of anilines is 2. The number of hydrogen-bond donors (Lipinski definition) is 1. The summed E-state index contributed by atoms with van der Waals surface area (Å²) in [6.07, 6.45) is 1.42. The number of nitrogens with zero attached hydrogens (tertiary/aromatic N) is 3. The first kappa shape index (κ1) is 32.5. The number of alkyl halides is 2. The summed E-state index contributed by atoms with van der Waals surface area (Å²) in [6.45, 7) is 0. The molecule has 3 aromatic carbocycles. The molecule has 0 spiro atoms. The third-order valence-corrected chi connectivity index (χ3v) is 11.4. The first-order valence-corrected chi connectivity index (χ1v) is 15.8. The highest BCUT2D eigenvalue weighted by Crippen LogP contribution is 2.66. The zero-order valence-electron chi connectivity index (χ0n) is 25.8. The van der Waals surface area contributed by atoms with Crippen molar-refractivity contribution in [2.45, 2.75) is 28.5 Å². The third-order valence-electron chi connectivity index (χ3n) is 10.0. The van der Waals surface area contributed by atoms with Gasteiger partial charge < -0.3 is 14.6 Å². The fraction of sp³-hybridized carbons (Fsp3) is 0.294. The van der Waals surface area contributed by atoms with Gasteiger partial charge in [0.05, 0.1) is 42.4 Å². The maximum absolute atomic E-state index is 14.5. The molecule has 49 heavy (non-hydrogen) atoms. The van der Waals surface area contributed by atoms with Crippen molar-refractivity contribution in [1.82, 2.24) is 0 Å². The number of methoxy groups -OCH3 is 2. The van der Waals surface area contributed by atoms with E-state index >= 15 is 0 Å². The van der Waals surface area contributed by atoms with E-state index in [2.05, 4.69) is 0 Å². The van der Waals surface area contributed by atoms with Crippen LogP contribution in [-0.4, -0.2) is 57.6 Å². The van der Waals surface area contributed by atoms with Gasteiger partial charge in [0.1, 0.15) is 5.82 Å². The lowest BCUT2D eigenvalue weighted by Gasteiger charge is -2.50. The second-order valence-electron chi connectivity index (χ2n) is 12.3. The molecule has 4 aliphatic rings. The second kappa shape index (κ2) is 11.3. The fourth-order valence-electron chi connectivity index (χ4n) is 7.85. The lowest BCUT2D eigenvalue weighted by Crippen LogP contribution is -2.60. The van der Waals surface area contributed by atoms with Gasteiger partial charge >= 0.3 is 0 Å². The Morgan fingerprint density at radius 1 is 0.898 bits per heavy atom. The van der Waals surface area contributed by atoms with Crippen molar-refractivity contribution in [3.63, 3.8) is 0 Å². The van der Waals surface area contributed by atoms with E-state index in [1.807, 2.05) is 0 Å². The summed E-state index contributed by atoms with van der Waals surface area (Å²) >= 11 is 14.8. The van der Waals surface area contributed by atoms with Crippen LogP contribution in [0.1, 0.15) is 24.3 Å². The van der Waals surface area contributed by atoms with Crippen LogP contribution in [0.5, 0.6) is 17.2 Å². The Morgan fingerprint density at radius 3 is 2.16 bits per heavy atom. The first-order chi connectivity index (χ1) is 23.3. The van der Waals surface area contributed by atoms with E-state index in [4.69, 9.17) is 32.7 Å². The van der Waals surface area contributed by atoms with Crippen molar-refractivity contribution in [2.24, 2.45) is 17.8 Å². The molecule has 6 atom stereocenters. The standard InChI is InChI=1S/C34H26Cl2FN3O9/c1-48-24-12-16(13-25(49-2)28(24)41)27-21-10-11-22-26(30(43)38(29(22)42)19-4-3-5-20(14-19)40(46)47)23(21)15-33(35)31(44)39(32(45)34(27,33)36)18-8-6-17(37)7-9-18/h3-10,12-14,22-23,26-27,41H,11,15H2,1-2H3. The Hall–Kier alpha value is -5.01. The molecule has 1 saturated carbocycles. The number of carbonyl (C=O) groups is 4. The molecule has 2 heterocycles. The SMILES string of the molecule is COc1cc(C2C3=CCC4C(=O)N(c5cccc([N+](=O)[O-])c5)C(=O)C4C3CC3(Cl)C(=O)N(c4ccc(F)cc4)C(=O)C23Cl)cc(OC)c1O. The number of nitro benzene ring substituents is 1. The van der Waals surface area contributed by atoms with Crippen molar-refractivity contribution in [3.8, 4) is 17.2 Å². The zero-order valence-corrected chi connectivity index (χ0v) is 27.3. The maximum atomic E-state index is 14.5. The molecule has 3 fully saturated rings. The minimum absolute atomic E-state index is 0.0161. The Kier molecular flexibility index (Phi) is 7.49. The summed E-state index contributed by atoms with van der Waals surface area (Å²) in [5.41, 5.74) is 0.427. The highest BCUT2D eigenvalue weighted by molar-refractivity contribution is 6.58. The van der Waals surface area contributed by atoms with Crippen LogP contribution in [0.3, 0.4) is 0 Å². The Morgan fingerprint density at radius 2 is 1.55 bits per heavy atom. The monoisotopic (exact) mass is 709 g/mol. The van der Waals surface area contributed by atoms with Gasteiger partial charge in [-0.3, -0.25) is 29.3 Å². The largest absolute Gasteiger partial charge is 0.502 e. The van der Waals surface area contributed by atoms with E-state index in [1.54, 1.807) is 6.08 Å². The van der Waals surface area contributed by atoms with Gasteiger partial charge in [-0.2, -0.15) is 0 Å². The summed E-state index contributed by atoms with van der Waals surface area (Å²) in [5, 5.41) is 22.2. The number of nitro groups is 1. The van der Waals surface area contributed by atoms with Gasteiger partial charge in [0.15, 0.2) is 21.2 Å². The highest BCUT2D eigenvalue weighted by atomic mass is 35.5. The summed E-state index contributed by atoms with van der Waals surface area (Å²) in [5.74, 6) is -8.19. The van der Waals surface area contributed by atoms with E-state index in [9.17, 15) is 38.8 Å². The average molecular weight is 710 g/mol. The Bertz CT molecular complexity index is 2000. The lowest BCUT2D eigenvalue weighted by molar-refractivity contribution is -0.384. The number of rotatable bonds is 6. The Balaban J connectivity index is 1.42. The molecule has 0 aromatic heterocycles. The molecule has 1 N–H and O–H groups in total. The number of carbonyl (C=O) groups excluding carboxylic acids is 4. The number of phenols is 1. The summed E-state index contributed by atoms with van der Waals surface area (Å²) in [4.78, 5) is 65.2. The van der Waals surface area contributed by atoms with Crippen LogP contribution in [0, 0.1) is 33.7 Å². The van der Waals surface area contributed by atoms with Crippen LogP contribution in [0.25, 0.3) is 0 Å². The number of fused-ring (bicyclic) bond motifs is 4. The smallest absolute Gasteiger partial charge is 0.271 e. The van der Waals surface area contributed by atoms with E-state index in [0.717, 1.165) is 28.0 Å². The van der Waals surface area contributed by atoms with E-state index in [0.29, 0.717) is 5.57 Å². The number of hydrogen-bond acceptors (Lipinski definition) is 9. The number of ether oxygens (including phenoxy) is 2. The van der Waals surface area contributed by atoms with Gasteiger partial charge in [0, 0.05) is 18.1 Å². The highest BCUT2D eigenvalue weighted by Gasteiger charge is 2.76. The molecule has 4 amide bonds. The van der Waals surface area contributed by atoms with E-state index in [-0.39, 0.29) is 52.7 Å². The van der Waals surface area contributed by atoms with Crippen LogP contribution in [-0.2, 0) is 19.2 Å². The Labute approximate surface area is 287 Å². The number of imide groups is 2. The number of aromatic hydroxyl groups is 1. The second-order valence-corrected chi connectivity index (χ2v) is 13.6. The summed E-state index contributed by atoms with van der Waals surface area (Å²) in [6, 6.07) is 12.6. The molecule has 6 unspecified atom stereocenters. The maximum Gasteiger partial charge on any atom is 0.271 e. The van der Waals surface area contributed by atoms with Crippen LogP contribution < -0.4 is 19.3 Å². The molecule has 252 valence electrons. The van der Waals surface area contributed by atoms with Gasteiger partial charge in [0.25, 0.3) is 17.5 Å². The minimum Gasteiger partial charge on any atom is -0.502 e. The normalized spacial score (nSPS) is 29.0. The van der Waals surface area contributed by atoms with Crippen molar-refractivity contribution in [2.75, 3.05) is 24.0 Å². The predicted molar refractivity (Wildman–Crippen MR) is 173 cm³/mol. The van der Waals surface area contributed by atoms with Crippen LogP contribution in [0.4, 0.5) is 21.5 Å². The zero-order chi connectivity index (χ0) is 35.2. The predicted octanol–water partition coefficient (Wildman–Crippen LogP) is 5.22. The van der Waals surface area contributed by atoms with Crippen LogP contribution in [0.2, 0.25) is 0 Å². The molecular formula is C34H26Cl2FN3O9. The lowest BCUT2D eigenvalue weighted by atomic mass is 9.56. The quantitative estimate of drug-likeness (QED) is 0.119. The van der Waals surface area contributed by atoms with Crippen molar-refractivity contribution >= 4 is 63.9 Å². The summed E-state index contributed by atoms with van der Waals surface area (Å²) in [7, 11) is 2.61. The van der Waals surface area contributed by atoms with Crippen molar-refractivity contribution in [3.05, 3.63) is 93.8 Å². The van der Waals surface area contributed by atoms with Gasteiger partial charge in [-0.1, -0.05) is 17.7 Å². The topological polar surface area (TPSA) is 157 Å². The number of phenolic OH excluding ortho intramolecular Hbond substituents is 1. The molecule has 2 aliphatic heterocycles. The van der Waals surface area contributed by atoms with Gasteiger partial charge in [0.2, 0.25) is 17.6 Å². The molecule has 7 rings (SSSR count). The molecule has 0 bridgehead atoms. The van der Waals surface area contributed by atoms with Crippen molar-refractivity contribution < 1.29 is 43.1 Å². The molecule has 2 aliphatic carbocycles. The molecule has 12 nitrogen and oxygen atoms in total. The van der Waals surface area contributed by atoms with Crippen LogP contribution in [0.15, 0.2) is 72.3 Å². The van der Waals surface area contributed by atoms with Gasteiger partial charge in [-0.25, -0.2) is 14.2 Å². The summed E-state index contributed by atoms with van der Waals surface area (Å²) < 4.78 is 24.7. The molecule has 0 radical (unpaired) electrons. The van der Waals surface area contributed by atoms with Crippen LogP contribution >= 0.6 is 23.2 Å². The molecular weight excluding hydrogens is 684 g/mol.